The zero-order valence-electron chi connectivity index (χ0n) is 11.6. The average Bonchev–Trinajstić information content (AvgIpc) is 2.42. The minimum Gasteiger partial charge on any atom is -0.383 e. The summed E-state index contributed by atoms with van der Waals surface area (Å²) in [6.45, 7) is 5.89. The quantitative estimate of drug-likeness (QED) is 0.727. The molecule has 1 aromatic carbocycles. The van der Waals surface area contributed by atoms with Crippen LogP contribution in [0.3, 0.4) is 0 Å². The fourth-order valence-electron chi connectivity index (χ4n) is 2.02. The van der Waals surface area contributed by atoms with Crippen LogP contribution < -0.4 is 5.73 Å². The molecule has 0 spiro atoms. The number of hydrogen-bond acceptors (Lipinski definition) is 3. The average molecular weight is 250 g/mol. The summed E-state index contributed by atoms with van der Waals surface area (Å²) >= 11 is 0. The molecule has 0 radical (unpaired) electrons. The van der Waals surface area contributed by atoms with E-state index in [-0.39, 0.29) is 6.04 Å². The highest BCUT2D eigenvalue weighted by Gasteiger charge is 2.08. The summed E-state index contributed by atoms with van der Waals surface area (Å²) in [7, 11) is 1.74. The van der Waals surface area contributed by atoms with Crippen LogP contribution in [-0.4, -0.2) is 44.3 Å². The lowest BCUT2D eigenvalue weighted by Crippen LogP contribution is -2.39. The molecule has 102 valence electrons. The molecule has 0 saturated carbocycles. The lowest BCUT2D eigenvalue weighted by molar-refractivity contribution is 0.146. The van der Waals surface area contributed by atoms with E-state index < -0.39 is 0 Å². The number of ether oxygens (including phenoxy) is 1. The topological polar surface area (TPSA) is 38.5 Å². The minimum absolute atomic E-state index is 0.238. The summed E-state index contributed by atoms with van der Waals surface area (Å²) in [4.78, 5) is 2.35. The first kappa shape index (κ1) is 15.2. The van der Waals surface area contributed by atoms with Gasteiger partial charge in [0.1, 0.15) is 0 Å². The van der Waals surface area contributed by atoms with Crippen LogP contribution in [-0.2, 0) is 11.2 Å². The third kappa shape index (κ3) is 6.15. The number of methoxy groups -OCH3 is 1. The molecule has 3 heteroatoms. The normalized spacial score (nSPS) is 12.9. The molecule has 18 heavy (non-hydrogen) atoms. The molecule has 1 aromatic rings. The number of nitrogens with two attached hydrogens (primary N) is 1. The van der Waals surface area contributed by atoms with E-state index in [1.807, 2.05) is 6.07 Å². The van der Waals surface area contributed by atoms with Crippen molar-refractivity contribution in [1.82, 2.24) is 4.90 Å². The molecule has 2 N–H and O–H groups in total. The highest BCUT2D eigenvalue weighted by Crippen LogP contribution is 2.05. The summed E-state index contributed by atoms with van der Waals surface area (Å²) in [5, 5.41) is 0. The number of likely N-dealkylation sites (N-methyl/N-ethyl adjacent to an activating group) is 1. The summed E-state index contributed by atoms with van der Waals surface area (Å²) in [5.41, 5.74) is 7.56. The molecule has 1 atom stereocenters. The van der Waals surface area contributed by atoms with Gasteiger partial charge in [-0.05, 0) is 24.9 Å². The first-order valence-corrected chi connectivity index (χ1v) is 6.77. The van der Waals surface area contributed by atoms with E-state index in [1.54, 1.807) is 7.11 Å². The van der Waals surface area contributed by atoms with Crippen LogP contribution in [0.2, 0.25) is 0 Å². The van der Waals surface area contributed by atoms with Gasteiger partial charge in [-0.15, -0.1) is 0 Å². The first-order chi connectivity index (χ1) is 8.76. The van der Waals surface area contributed by atoms with Gasteiger partial charge in [0.15, 0.2) is 0 Å². The second-order valence-electron chi connectivity index (χ2n) is 4.67. The molecule has 1 rings (SSSR count). The Morgan fingerprint density at radius 1 is 1.28 bits per heavy atom. The van der Waals surface area contributed by atoms with Crippen molar-refractivity contribution in [2.75, 3.05) is 33.4 Å². The van der Waals surface area contributed by atoms with Gasteiger partial charge in [0.2, 0.25) is 0 Å². The first-order valence-electron chi connectivity index (χ1n) is 6.77. The maximum Gasteiger partial charge on any atom is 0.0589 e. The van der Waals surface area contributed by atoms with Crippen LogP contribution in [0, 0.1) is 0 Å². The molecule has 0 aliphatic rings. The molecule has 0 aliphatic heterocycles. The minimum atomic E-state index is 0.238. The van der Waals surface area contributed by atoms with E-state index in [2.05, 4.69) is 36.1 Å². The Hall–Kier alpha value is -0.900. The van der Waals surface area contributed by atoms with Gasteiger partial charge in [-0.25, -0.2) is 0 Å². The Morgan fingerprint density at radius 2 is 2.00 bits per heavy atom. The number of rotatable bonds is 9. The summed E-state index contributed by atoms with van der Waals surface area (Å²) in [6, 6.07) is 10.8. The smallest absolute Gasteiger partial charge is 0.0589 e. The SMILES string of the molecule is CCN(CCOC)CC(N)CCc1ccccc1. The number of benzene rings is 1. The molecular formula is C15H26N2O. The van der Waals surface area contributed by atoms with Crippen LogP contribution >= 0.6 is 0 Å². The Labute approximate surface area is 111 Å². The fourth-order valence-corrected chi connectivity index (χ4v) is 2.02. The van der Waals surface area contributed by atoms with Crippen LogP contribution in [0.5, 0.6) is 0 Å². The maximum absolute atomic E-state index is 6.19. The molecule has 3 nitrogen and oxygen atoms in total. The van der Waals surface area contributed by atoms with Crippen molar-refractivity contribution in [3.05, 3.63) is 35.9 Å². The standard InChI is InChI=1S/C15H26N2O/c1-3-17(11-12-18-2)13-15(16)10-9-14-7-5-4-6-8-14/h4-8,15H,3,9-13,16H2,1-2H3. The third-order valence-corrected chi connectivity index (χ3v) is 3.20. The summed E-state index contributed by atoms with van der Waals surface area (Å²) in [6.07, 6.45) is 2.09. The highest BCUT2D eigenvalue weighted by molar-refractivity contribution is 5.14. The molecule has 0 fully saturated rings. The van der Waals surface area contributed by atoms with Crippen molar-refractivity contribution in [2.24, 2.45) is 5.73 Å². The zero-order chi connectivity index (χ0) is 13.2. The van der Waals surface area contributed by atoms with E-state index in [0.29, 0.717) is 0 Å². The van der Waals surface area contributed by atoms with Crippen molar-refractivity contribution in [3.63, 3.8) is 0 Å². The van der Waals surface area contributed by atoms with E-state index >= 15 is 0 Å². The Kier molecular flexibility index (Phi) is 7.65. The maximum atomic E-state index is 6.19. The van der Waals surface area contributed by atoms with Gasteiger partial charge >= 0.3 is 0 Å². The van der Waals surface area contributed by atoms with Crippen molar-refractivity contribution in [2.45, 2.75) is 25.8 Å². The molecule has 0 saturated heterocycles. The second kappa shape index (κ2) is 9.09. The van der Waals surface area contributed by atoms with Gasteiger partial charge in [0.25, 0.3) is 0 Å². The third-order valence-electron chi connectivity index (χ3n) is 3.20. The Bertz CT molecular complexity index is 303. The van der Waals surface area contributed by atoms with Crippen LogP contribution in [0.15, 0.2) is 30.3 Å². The molecule has 1 unspecified atom stereocenters. The molecule has 0 aliphatic carbocycles. The van der Waals surface area contributed by atoms with E-state index in [9.17, 15) is 0 Å². The molecule has 0 amide bonds. The van der Waals surface area contributed by atoms with Gasteiger partial charge in [-0.3, -0.25) is 4.90 Å². The molecular weight excluding hydrogens is 224 g/mol. The molecule has 0 aromatic heterocycles. The van der Waals surface area contributed by atoms with Gasteiger partial charge in [0, 0.05) is 26.2 Å². The van der Waals surface area contributed by atoms with Crippen molar-refractivity contribution in [1.29, 1.82) is 0 Å². The van der Waals surface area contributed by atoms with Crippen molar-refractivity contribution < 1.29 is 4.74 Å². The van der Waals surface area contributed by atoms with Gasteiger partial charge in [-0.2, -0.15) is 0 Å². The lowest BCUT2D eigenvalue weighted by Gasteiger charge is -2.23. The molecule has 0 bridgehead atoms. The molecule has 0 heterocycles. The Balaban J connectivity index is 2.25. The van der Waals surface area contributed by atoms with Crippen LogP contribution in [0.4, 0.5) is 0 Å². The monoisotopic (exact) mass is 250 g/mol. The predicted octanol–water partition coefficient (Wildman–Crippen LogP) is 1.91. The number of nitrogens with zero attached hydrogens (tertiary/aromatic N) is 1. The number of aryl methyl sites for hydroxylation is 1. The number of hydrogen-bond donors (Lipinski definition) is 1. The zero-order valence-corrected chi connectivity index (χ0v) is 11.6. The summed E-state index contributed by atoms with van der Waals surface area (Å²) < 4.78 is 5.10. The van der Waals surface area contributed by atoms with Gasteiger partial charge in [-0.1, -0.05) is 37.3 Å². The fraction of sp³-hybridized carbons (Fsp3) is 0.600. The van der Waals surface area contributed by atoms with Crippen molar-refractivity contribution in [3.8, 4) is 0 Å². The van der Waals surface area contributed by atoms with E-state index in [0.717, 1.165) is 39.1 Å². The Morgan fingerprint density at radius 3 is 2.61 bits per heavy atom. The second-order valence-corrected chi connectivity index (χ2v) is 4.67. The largest absolute Gasteiger partial charge is 0.383 e. The van der Waals surface area contributed by atoms with Gasteiger partial charge in [0.05, 0.1) is 6.61 Å². The highest BCUT2D eigenvalue weighted by atomic mass is 16.5. The van der Waals surface area contributed by atoms with Crippen LogP contribution in [0.25, 0.3) is 0 Å². The summed E-state index contributed by atoms with van der Waals surface area (Å²) in [5.74, 6) is 0. The van der Waals surface area contributed by atoms with Gasteiger partial charge < -0.3 is 10.5 Å². The van der Waals surface area contributed by atoms with Crippen molar-refractivity contribution >= 4 is 0 Å². The van der Waals surface area contributed by atoms with Crippen LogP contribution in [0.1, 0.15) is 18.9 Å². The lowest BCUT2D eigenvalue weighted by atomic mass is 10.1. The predicted molar refractivity (Wildman–Crippen MR) is 76.7 cm³/mol. The van der Waals surface area contributed by atoms with E-state index in [1.165, 1.54) is 5.56 Å². The van der Waals surface area contributed by atoms with E-state index in [4.69, 9.17) is 10.5 Å².